The molecule has 106 valence electrons. The van der Waals surface area contributed by atoms with Crippen LogP contribution in [0.2, 0.25) is 0 Å². The zero-order valence-corrected chi connectivity index (χ0v) is 11.5. The maximum absolute atomic E-state index is 10.6. The Morgan fingerprint density at radius 1 is 1.42 bits per heavy atom. The molecule has 1 heterocycles. The van der Waals surface area contributed by atoms with E-state index in [2.05, 4.69) is 0 Å². The molecule has 2 rings (SSSR count). The molecular weight excluding hydrogens is 242 g/mol. The van der Waals surface area contributed by atoms with Crippen molar-refractivity contribution in [1.29, 1.82) is 0 Å². The summed E-state index contributed by atoms with van der Waals surface area (Å²) in [6.07, 6.45) is 1.26. The van der Waals surface area contributed by atoms with Crippen LogP contribution in [0, 0.1) is 5.41 Å². The van der Waals surface area contributed by atoms with E-state index in [4.69, 9.17) is 15.2 Å². The number of hydrogen-bond donors (Lipinski definition) is 2. The Hall–Kier alpha value is -1.10. The second kappa shape index (κ2) is 6.37. The van der Waals surface area contributed by atoms with Gasteiger partial charge >= 0.3 is 0 Å². The van der Waals surface area contributed by atoms with Crippen LogP contribution in [-0.2, 0) is 4.74 Å². The Kier molecular flexibility index (Phi) is 4.80. The average molecular weight is 265 g/mol. The van der Waals surface area contributed by atoms with Crippen molar-refractivity contribution in [2.45, 2.75) is 25.9 Å². The third-order valence-corrected chi connectivity index (χ3v) is 3.85. The zero-order valence-electron chi connectivity index (χ0n) is 11.5. The van der Waals surface area contributed by atoms with Crippen LogP contribution in [0.15, 0.2) is 24.3 Å². The summed E-state index contributed by atoms with van der Waals surface area (Å²) in [7, 11) is 0. The van der Waals surface area contributed by atoms with Crippen molar-refractivity contribution in [2.24, 2.45) is 11.1 Å². The third-order valence-electron chi connectivity index (χ3n) is 3.85. The van der Waals surface area contributed by atoms with Crippen molar-refractivity contribution in [3.05, 3.63) is 29.8 Å². The van der Waals surface area contributed by atoms with Crippen LogP contribution in [-0.4, -0.2) is 31.5 Å². The summed E-state index contributed by atoms with van der Waals surface area (Å²) >= 11 is 0. The fourth-order valence-electron chi connectivity index (χ4n) is 2.63. The molecule has 1 saturated heterocycles. The molecule has 19 heavy (non-hydrogen) atoms. The summed E-state index contributed by atoms with van der Waals surface area (Å²) in [6, 6.07) is 7.58. The maximum atomic E-state index is 10.6. The minimum Gasteiger partial charge on any atom is -0.494 e. The molecule has 2 atom stereocenters. The predicted octanol–water partition coefficient (Wildman–Crippen LogP) is 1.87. The summed E-state index contributed by atoms with van der Waals surface area (Å²) in [6.45, 7) is 4.31. The van der Waals surface area contributed by atoms with Gasteiger partial charge in [-0.15, -0.1) is 0 Å². The molecule has 1 fully saturated rings. The van der Waals surface area contributed by atoms with Gasteiger partial charge in [-0.1, -0.05) is 12.1 Å². The minimum absolute atomic E-state index is 0.356. The molecule has 4 nitrogen and oxygen atoms in total. The summed E-state index contributed by atoms with van der Waals surface area (Å²) in [5.41, 5.74) is 6.41. The molecular formula is C15H23NO3. The molecule has 0 aliphatic carbocycles. The number of hydrogen-bond acceptors (Lipinski definition) is 4. The first-order valence-electron chi connectivity index (χ1n) is 6.90. The molecule has 4 heteroatoms. The van der Waals surface area contributed by atoms with E-state index in [-0.39, 0.29) is 5.41 Å². The van der Waals surface area contributed by atoms with Gasteiger partial charge < -0.3 is 20.3 Å². The quantitative estimate of drug-likeness (QED) is 0.853. The second-order valence-corrected chi connectivity index (χ2v) is 5.13. The Labute approximate surface area is 114 Å². The highest BCUT2D eigenvalue weighted by atomic mass is 16.5. The minimum atomic E-state index is -0.589. The number of ether oxygens (including phenoxy) is 2. The van der Waals surface area contributed by atoms with Gasteiger partial charge in [-0.05, 0) is 37.5 Å². The van der Waals surface area contributed by atoms with Gasteiger partial charge in [-0.25, -0.2) is 0 Å². The topological polar surface area (TPSA) is 64.7 Å². The lowest BCUT2D eigenvalue weighted by molar-refractivity contribution is -0.0782. The number of rotatable bonds is 5. The largest absolute Gasteiger partial charge is 0.494 e. The van der Waals surface area contributed by atoms with Crippen LogP contribution in [0.5, 0.6) is 5.75 Å². The summed E-state index contributed by atoms with van der Waals surface area (Å²) in [4.78, 5) is 0. The van der Waals surface area contributed by atoms with Crippen molar-refractivity contribution < 1.29 is 14.6 Å². The Bertz CT molecular complexity index is 385. The van der Waals surface area contributed by atoms with Crippen molar-refractivity contribution in [3.8, 4) is 5.75 Å². The van der Waals surface area contributed by atoms with E-state index in [9.17, 15) is 5.11 Å². The third kappa shape index (κ3) is 3.08. The average Bonchev–Trinajstić information content (AvgIpc) is 2.48. The Morgan fingerprint density at radius 3 is 2.68 bits per heavy atom. The highest BCUT2D eigenvalue weighted by molar-refractivity contribution is 5.29. The van der Waals surface area contributed by atoms with Crippen molar-refractivity contribution in [1.82, 2.24) is 0 Å². The van der Waals surface area contributed by atoms with E-state index in [0.29, 0.717) is 19.8 Å². The maximum Gasteiger partial charge on any atom is 0.119 e. The fourth-order valence-corrected chi connectivity index (χ4v) is 2.63. The van der Waals surface area contributed by atoms with E-state index in [1.165, 1.54) is 0 Å². The monoisotopic (exact) mass is 265 g/mol. The predicted molar refractivity (Wildman–Crippen MR) is 74.1 cm³/mol. The molecule has 1 aromatic carbocycles. The standard InChI is InChI=1S/C15H23NO3/c1-2-19-13-6-4-12(5-7-13)14(17)15(10-16)8-3-9-18-11-15/h4-7,14,17H,2-3,8-11,16H2,1H3. The van der Waals surface area contributed by atoms with E-state index in [0.717, 1.165) is 30.8 Å². The lowest BCUT2D eigenvalue weighted by Crippen LogP contribution is -2.43. The van der Waals surface area contributed by atoms with Gasteiger partial charge in [-0.3, -0.25) is 0 Å². The van der Waals surface area contributed by atoms with Crippen LogP contribution >= 0.6 is 0 Å². The van der Waals surface area contributed by atoms with Crippen LogP contribution in [0.25, 0.3) is 0 Å². The molecule has 3 N–H and O–H groups in total. The lowest BCUT2D eigenvalue weighted by Gasteiger charge is -2.40. The van der Waals surface area contributed by atoms with Gasteiger partial charge in [0.05, 0.1) is 19.3 Å². The van der Waals surface area contributed by atoms with E-state index in [1.807, 2.05) is 31.2 Å². The number of aliphatic hydroxyl groups is 1. The van der Waals surface area contributed by atoms with Crippen LogP contribution < -0.4 is 10.5 Å². The van der Waals surface area contributed by atoms with Gasteiger partial charge in [0.2, 0.25) is 0 Å². The van der Waals surface area contributed by atoms with Crippen LogP contribution in [0.3, 0.4) is 0 Å². The van der Waals surface area contributed by atoms with Gasteiger partial charge in [0.1, 0.15) is 5.75 Å². The Morgan fingerprint density at radius 2 is 2.16 bits per heavy atom. The molecule has 0 saturated carbocycles. The van der Waals surface area contributed by atoms with Crippen LogP contribution in [0.1, 0.15) is 31.4 Å². The van der Waals surface area contributed by atoms with Crippen molar-refractivity contribution in [2.75, 3.05) is 26.4 Å². The summed E-state index contributed by atoms with van der Waals surface area (Å²) in [5, 5.41) is 10.6. The van der Waals surface area contributed by atoms with Crippen molar-refractivity contribution >= 4 is 0 Å². The molecule has 0 aromatic heterocycles. The van der Waals surface area contributed by atoms with Gasteiger partial charge in [0.15, 0.2) is 0 Å². The highest BCUT2D eigenvalue weighted by Crippen LogP contribution is 2.40. The molecule has 0 radical (unpaired) electrons. The smallest absolute Gasteiger partial charge is 0.119 e. The molecule has 2 unspecified atom stereocenters. The molecule has 0 spiro atoms. The fraction of sp³-hybridized carbons (Fsp3) is 0.600. The number of benzene rings is 1. The molecule has 0 bridgehead atoms. The summed E-state index contributed by atoms with van der Waals surface area (Å²) in [5.74, 6) is 0.820. The Balaban J connectivity index is 2.14. The zero-order chi connectivity index (χ0) is 13.7. The van der Waals surface area contributed by atoms with E-state index in [1.54, 1.807) is 0 Å². The van der Waals surface area contributed by atoms with Gasteiger partial charge in [0.25, 0.3) is 0 Å². The van der Waals surface area contributed by atoms with Crippen molar-refractivity contribution in [3.63, 3.8) is 0 Å². The highest BCUT2D eigenvalue weighted by Gasteiger charge is 2.39. The normalized spacial score (nSPS) is 25.0. The second-order valence-electron chi connectivity index (χ2n) is 5.13. The van der Waals surface area contributed by atoms with Crippen LogP contribution in [0.4, 0.5) is 0 Å². The lowest BCUT2D eigenvalue weighted by atomic mass is 9.75. The molecule has 1 aromatic rings. The number of aliphatic hydroxyl groups excluding tert-OH is 1. The van der Waals surface area contributed by atoms with E-state index < -0.39 is 6.10 Å². The molecule has 1 aliphatic rings. The van der Waals surface area contributed by atoms with Gasteiger partial charge in [-0.2, -0.15) is 0 Å². The molecule has 0 amide bonds. The SMILES string of the molecule is CCOc1ccc(C(O)C2(CN)CCCOC2)cc1. The van der Waals surface area contributed by atoms with E-state index >= 15 is 0 Å². The molecule has 1 aliphatic heterocycles. The first kappa shape index (κ1) is 14.3. The first-order valence-corrected chi connectivity index (χ1v) is 6.90. The van der Waals surface area contributed by atoms with Gasteiger partial charge in [0, 0.05) is 18.6 Å². The number of nitrogens with two attached hydrogens (primary N) is 1. The first-order chi connectivity index (χ1) is 9.22. The summed E-state index contributed by atoms with van der Waals surface area (Å²) < 4.78 is 10.9.